The summed E-state index contributed by atoms with van der Waals surface area (Å²) in [6.07, 6.45) is 3.12. The van der Waals surface area contributed by atoms with Crippen LogP contribution >= 0.6 is 0 Å². The van der Waals surface area contributed by atoms with E-state index in [1.165, 1.54) is 19.4 Å². The molecule has 106 valence electrons. The molecule has 0 radical (unpaired) electrons. The number of sulfonamides is 1. The molecular weight excluding hydrogens is 278 g/mol. The van der Waals surface area contributed by atoms with E-state index in [9.17, 15) is 8.42 Å². The van der Waals surface area contributed by atoms with Gasteiger partial charge < -0.3 is 11.1 Å². The molecule has 0 saturated heterocycles. The lowest BCUT2D eigenvalue weighted by molar-refractivity contribution is 0.588. The van der Waals surface area contributed by atoms with Crippen molar-refractivity contribution in [3.05, 3.63) is 42.5 Å². The highest BCUT2D eigenvalue weighted by Crippen LogP contribution is 2.22. The van der Waals surface area contributed by atoms with Gasteiger partial charge in [-0.3, -0.25) is 0 Å². The van der Waals surface area contributed by atoms with Gasteiger partial charge in [0.15, 0.2) is 0 Å². The second kappa shape index (κ2) is 5.85. The van der Waals surface area contributed by atoms with Crippen LogP contribution in [-0.4, -0.2) is 25.4 Å². The summed E-state index contributed by atoms with van der Waals surface area (Å²) in [5, 5.41) is 3.11. The fraction of sp³-hybridized carbons (Fsp3) is 0.167. The molecule has 1 aromatic heterocycles. The number of rotatable bonds is 5. The summed E-state index contributed by atoms with van der Waals surface area (Å²) in [5.41, 5.74) is 7.50. The molecule has 0 aliphatic rings. The van der Waals surface area contributed by atoms with E-state index in [4.69, 9.17) is 5.73 Å². The zero-order chi connectivity index (χ0) is 14.6. The first-order valence-electron chi connectivity index (χ1n) is 5.85. The maximum Gasteiger partial charge on any atom is 0.242 e. The van der Waals surface area contributed by atoms with Crippen molar-refractivity contribution in [2.45, 2.75) is 11.4 Å². The van der Waals surface area contributed by atoms with E-state index in [-0.39, 0.29) is 10.6 Å². The molecule has 4 N–H and O–H groups in total. The van der Waals surface area contributed by atoms with Gasteiger partial charge in [-0.2, -0.15) is 0 Å². The Balaban J connectivity index is 2.14. The number of nitrogens with two attached hydrogens (primary N) is 1. The highest BCUT2D eigenvalue weighted by atomic mass is 32.2. The molecule has 0 spiro atoms. The minimum absolute atomic E-state index is 0.0626. The molecule has 0 amide bonds. The first kappa shape index (κ1) is 14.2. The van der Waals surface area contributed by atoms with Crippen LogP contribution in [0.25, 0.3) is 0 Å². The van der Waals surface area contributed by atoms with Crippen molar-refractivity contribution in [2.75, 3.05) is 18.1 Å². The molecule has 0 unspecified atom stereocenters. The number of hydrogen-bond donors (Lipinski definition) is 3. The fourth-order valence-corrected chi connectivity index (χ4v) is 2.46. The van der Waals surface area contributed by atoms with Crippen LogP contribution in [0.15, 0.2) is 41.7 Å². The van der Waals surface area contributed by atoms with Gasteiger partial charge in [0, 0.05) is 11.9 Å². The molecule has 2 rings (SSSR count). The zero-order valence-corrected chi connectivity index (χ0v) is 11.7. The summed E-state index contributed by atoms with van der Waals surface area (Å²) in [5.74, 6) is 0. The summed E-state index contributed by atoms with van der Waals surface area (Å²) in [6, 6.07) is 6.48. The lowest BCUT2D eigenvalue weighted by atomic mass is 10.2. The first-order chi connectivity index (χ1) is 9.53. The van der Waals surface area contributed by atoms with Crippen molar-refractivity contribution < 1.29 is 8.42 Å². The molecule has 2 aromatic rings. The number of aromatic nitrogens is 2. The Morgan fingerprint density at radius 2 is 2.10 bits per heavy atom. The smallest absolute Gasteiger partial charge is 0.242 e. The molecule has 0 aliphatic carbocycles. The SMILES string of the molecule is CNS(=O)(=O)c1ccc(NCc2ccncn2)cc1N. The highest BCUT2D eigenvalue weighted by Gasteiger charge is 2.15. The normalized spacial score (nSPS) is 11.2. The summed E-state index contributed by atoms with van der Waals surface area (Å²) < 4.78 is 25.6. The highest BCUT2D eigenvalue weighted by molar-refractivity contribution is 7.89. The van der Waals surface area contributed by atoms with Gasteiger partial charge in [-0.15, -0.1) is 0 Å². The Kier molecular flexibility index (Phi) is 4.16. The molecule has 7 nitrogen and oxygen atoms in total. The third-order valence-electron chi connectivity index (χ3n) is 2.68. The minimum Gasteiger partial charge on any atom is -0.398 e. The Hall–Kier alpha value is -2.19. The van der Waals surface area contributed by atoms with E-state index in [2.05, 4.69) is 20.0 Å². The minimum atomic E-state index is -3.54. The quantitative estimate of drug-likeness (QED) is 0.696. The van der Waals surface area contributed by atoms with Crippen LogP contribution in [0.5, 0.6) is 0 Å². The summed E-state index contributed by atoms with van der Waals surface area (Å²) >= 11 is 0. The number of hydrogen-bond acceptors (Lipinski definition) is 6. The van der Waals surface area contributed by atoms with Gasteiger partial charge in [-0.1, -0.05) is 0 Å². The Morgan fingerprint density at radius 1 is 1.30 bits per heavy atom. The average Bonchev–Trinajstić information content (AvgIpc) is 2.46. The van der Waals surface area contributed by atoms with Crippen LogP contribution in [0.3, 0.4) is 0 Å². The van der Waals surface area contributed by atoms with E-state index in [1.807, 2.05) is 0 Å². The number of nitrogens with one attached hydrogen (secondary N) is 2. The van der Waals surface area contributed by atoms with E-state index in [0.29, 0.717) is 6.54 Å². The molecule has 0 atom stereocenters. The largest absolute Gasteiger partial charge is 0.398 e. The predicted molar refractivity (Wildman–Crippen MR) is 76.5 cm³/mol. The maximum atomic E-state index is 11.7. The molecule has 0 aliphatic heterocycles. The molecule has 8 heteroatoms. The maximum absolute atomic E-state index is 11.7. The third-order valence-corrected chi connectivity index (χ3v) is 4.17. The van der Waals surface area contributed by atoms with Gasteiger partial charge in [-0.25, -0.2) is 23.1 Å². The Bertz CT molecular complexity index is 688. The molecule has 0 bridgehead atoms. The predicted octanol–water partition coefficient (Wildman–Crippen LogP) is 0.579. The molecule has 20 heavy (non-hydrogen) atoms. The average molecular weight is 293 g/mol. The van der Waals surface area contributed by atoms with Gasteiger partial charge in [0.1, 0.15) is 11.2 Å². The summed E-state index contributed by atoms with van der Waals surface area (Å²) in [4.78, 5) is 7.97. The molecule has 0 saturated carbocycles. The van der Waals surface area contributed by atoms with Gasteiger partial charge in [0.2, 0.25) is 10.0 Å². The van der Waals surface area contributed by atoms with Crippen LogP contribution < -0.4 is 15.8 Å². The van der Waals surface area contributed by atoms with E-state index in [0.717, 1.165) is 11.4 Å². The van der Waals surface area contributed by atoms with Crippen molar-refractivity contribution >= 4 is 21.4 Å². The van der Waals surface area contributed by atoms with Crippen LogP contribution in [0, 0.1) is 0 Å². The van der Waals surface area contributed by atoms with Gasteiger partial charge in [0.05, 0.1) is 17.9 Å². The molecule has 0 fully saturated rings. The third kappa shape index (κ3) is 3.22. The number of benzene rings is 1. The Morgan fingerprint density at radius 3 is 2.70 bits per heavy atom. The number of nitrogens with zero attached hydrogens (tertiary/aromatic N) is 2. The Labute approximate surface area is 117 Å². The second-order valence-corrected chi connectivity index (χ2v) is 5.87. The fourth-order valence-electron chi connectivity index (χ4n) is 1.63. The first-order valence-corrected chi connectivity index (χ1v) is 7.33. The van der Waals surface area contributed by atoms with Crippen LogP contribution in [0.4, 0.5) is 11.4 Å². The lowest BCUT2D eigenvalue weighted by Crippen LogP contribution is -2.20. The van der Waals surface area contributed by atoms with E-state index >= 15 is 0 Å². The van der Waals surface area contributed by atoms with Crippen LogP contribution in [0.2, 0.25) is 0 Å². The van der Waals surface area contributed by atoms with Crippen LogP contribution in [-0.2, 0) is 16.6 Å². The van der Waals surface area contributed by atoms with Crippen LogP contribution in [0.1, 0.15) is 5.69 Å². The van der Waals surface area contributed by atoms with Crippen molar-refractivity contribution in [2.24, 2.45) is 0 Å². The van der Waals surface area contributed by atoms with Gasteiger partial charge in [0.25, 0.3) is 0 Å². The van der Waals surface area contributed by atoms with Crippen molar-refractivity contribution in [3.8, 4) is 0 Å². The lowest BCUT2D eigenvalue weighted by Gasteiger charge is -2.10. The van der Waals surface area contributed by atoms with Crippen molar-refractivity contribution in [3.63, 3.8) is 0 Å². The second-order valence-electron chi connectivity index (χ2n) is 4.01. The van der Waals surface area contributed by atoms with E-state index in [1.54, 1.807) is 24.4 Å². The topological polar surface area (TPSA) is 110 Å². The van der Waals surface area contributed by atoms with Crippen molar-refractivity contribution in [1.29, 1.82) is 0 Å². The molecule has 1 heterocycles. The van der Waals surface area contributed by atoms with Gasteiger partial charge in [-0.05, 0) is 31.3 Å². The number of nitrogen functional groups attached to an aromatic ring is 1. The standard InChI is InChI=1S/C12H15N5O2S/c1-14-20(18,19)12-3-2-9(6-11(12)13)16-7-10-4-5-15-8-17-10/h2-6,8,14,16H,7,13H2,1H3. The summed E-state index contributed by atoms with van der Waals surface area (Å²) in [7, 11) is -2.19. The van der Waals surface area contributed by atoms with E-state index < -0.39 is 10.0 Å². The monoisotopic (exact) mass is 293 g/mol. The molecule has 1 aromatic carbocycles. The summed E-state index contributed by atoms with van der Waals surface area (Å²) in [6.45, 7) is 0.500. The van der Waals surface area contributed by atoms with Crippen molar-refractivity contribution in [1.82, 2.24) is 14.7 Å². The molecular formula is C12H15N5O2S. The van der Waals surface area contributed by atoms with Gasteiger partial charge >= 0.3 is 0 Å². The zero-order valence-electron chi connectivity index (χ0n) is 10.9. The number of anilines is 2.